The minimum atomic E-state index is -1.08. The summed E-state index contributed by atoms with van der Waals surface area (Å²) < 4.78 is 5.92. The topological polar surface area (TPSA) is 95.9 Å². The first-order valence-corrected chi connectivity index (χ1v) is 10.3. The van der Waals surface area contributed by atoms with Crippen molar-refractivity contribution in [3.8, 4) is 5.75 Å². The SMILES string of the molecule is CSCCCOc1c(Cl)ccc2c1CCNCC2.O=C(O)CCC(=O)O. The summed E-state index contributed by atoms with van der Waals surface area (Å²) in [5.74, 6) is -0.104. The Kier molecular flexibility index (Phi) is 11.2. The van der Waals surface area contributed by atoms with Gasteiger partial charge in [-0.3, -0.25) is 9.59 Å². The fraction of sp³-hybridized carbons (Fsp3) is 0.556. The Bertz CT molecular complexity index is 583. The Balaban J connectivity index is 0.000000359. The van der Waals surface area contributed by atoms with Crippen LogP contribution < -0.4 is 10.1 Å². The lowest BCUT2D eigenvalue weighted by atomic mass is 10.0. The zero-order valence-corrected chi connectivity index (χ0v) is 16.5. The van der Waals surface area contributed by atoms with Crippen molar-refractivity contribution in [1.29, 1.82) is 0 Å². The van der Waals surface area contributed by atoms with Crippen LogP contribution in [-0.4, -0.2) is 53.9 Å². The Labute approximate surface area is 163 Å². The Morgan fingerprint density at radius 1 is 1.19 bits per heavy atom. The van der Waals surface area contributed by atoms with Gasteiger partial charge in [0.1, 0.15) is 5.75 Å². The van der Waals surface area contributed by atoms with Gasteiger partial charge in [-0.2, -0.15) is 11.8 Å². The second kappa shape index (κ2) is 12.8. The first-order valence-electron chi connectivity index (χ1n) is 8.52. The minimum Gasteiger partial charge on any atom is -0.492 e. The number of fused-ring (bicyclic) bond motifs is 1. The number of benzene rings is 1. The van der Waals surface area contributed by atoms with Crippen molar-refractivity contribution in [2.45, 2.75) is 32.1 Å². The van der Waals surface area contributed by atoms with Crippen molar-refractivity contribution in [1.82, 2.24) is 5.32 Å². The first kappa shape index (κ1) is 22.6. The van der Waals surface area contributed by atoms with Crippen LogP contribution in [0.15, 0.2) is 12.1 Å². The van der Waals surface area contributed by atoms with E-state index in [4.69, 9.17) is 26.6 Å². The van der Waals surface area contributed by atoms with Crippen molar-refractivity contribution in [3.63, 3.8) is 0 Å². The summed E-state index contributed by atoms with van der Waals surface area (Å²) in [4.78, 5) is 19.3. The summed E-state index contributed by atoms with van der Waals surface area (Å²) in [6.07, 6.45) is 4.67. The quantitative estimate of drug-likeness (QED) is 0.574. The molecule has 3 N–H and O–H groups in total. The highest BCUT2D eigenvalue weighted by atomic mass is 35.5. The summed E-state index contributed by atoms with van der Waals surface area (Å²) in [6.45, 7) is 2.81. The molecule has 0 amide bonds. The van der Waals surface area contributed by atoms with Crippen molar-refractivity contribution in [2.75, 3.05) is 31.7 Å². The molecule has 1 aliphatic rings. The van der Waals surface area contributed by atoms with E-state index in [0.717, 1.165) is 55.5 Å². The van der Waals surface area contributed by atoms with Gasteiger partial charge >= 0.3 is 11.9 Å². The van der Waals surface area contributed by atoms with Gasteiger partial charge in [0.2, 0.25) is 0 Å². The molecule has 1 aromatic rings. The fourth-order valence-electron chi connectivity index (χ4n) is 2.46. The number of hydrogen-bond donors (Lipinski definition) is 3. The largest absolute Gasteiger partial charge is 0.492 e. The molecule has 146 valence electrons. The van der Waals surface area contributed by atoms with E-state index < -0.39 is 11.9 Å². The molecular weight excluding hydrogens is 378 g/mol. The predicted octanol–water partition coefficient (Wildman–Crippen LogP) is 3.10. The third-order valence-electron chi connectivity index (χ3n) is 3.72. The number of halogens is 1. The number of thioether (sulfide) groups is 1. The minimum absolute atomic E-state index is 0.296. The first-order chi connectivity index (χ1) is 12.5. The molecule has 0 radical (unpaired) electrons. The van der Waals surface area contributed by atoms with Crippen LogP contribution in [0.1, 0.15) is 30.4 Å². The molecule has 0 bridgehead atoms. The van der Waals surface area contributed by atoms with Gasteiger partial charge in [0.15, 0.2) is 0 Å². The maximum Gasteiger partial charge on any atom is 0.303 e. The highest BCUT2D eigenvalue weighted by Gasteiger charge is 2.15. The molecule has 0 saturated heterocycles. The van der Waals surface area contributed by atoms with Crippen molar-refractivity contribution in [3.05, 3.63) is 28.3 Å². The molecule has 0 spiro atoms. The molecule has 1 aromatic carbocycles. The molecule has 6 nitrogen and oxygen atoms in total. The molecule has 0 unspecified atom stereocenters. The van der Waals surface area contributed by atoms with E-state index in [2.05, 4.69) is 17.6 Å². The highest BCUT2D eigenvalue weighted by Crippen LogP contribution is 2.33. The van der Waals surface area contributed by atoms with Gasteiger partial charge in [0, 0.05) is 5.56 Å². The third kappa shape index (κ3) is 8.78. The molecular formula is C18H26ClNO5S. The monoisotopic (exact) mass is 403 g/mol. The molecule has 0 saturated carbocycles. The third-order valence-corrected chi connectivity index (χ3v) is 4.72. The van der Waals surface area contributed by atoms with Crippen molar-refractivity contribution in [2.24, 2.45) is 0 Å². The van der Waals surface area contributed by atoms with Crippen LogP contribution in [0.3, 0.4) is 0 Å². The van der Waals surface area contributed by atoms with Crippen LogP contribution in [0, 0.1) is 0 Å². The normalized spacial score (nSPS) is 13.0. The summed E-state index contributed by atoms with van der Waals surface area (Å²) in [5.41, 5.74) is 2.68. The van der Waals surface area contributed by atoms with Crippen LogP contribution in [0.4, 0.5) is 0 Å². The number of aliphatic carboxylic acids is 2. The molecule has 0 atom stereocenters. The van der Waals surface area contributed by atoms with Gasteiger partial charge in [-0.15, -0.1) is 0 Å². The second-order valence-corrected chi connectivity index (χ2v) is 7.14. The number of hydrogen-bond acceptors (Lipinski definition) is 5. The molecule has 1 aliphatic heterocycles. The lowest BCUT2D eigenvalue weighted by Crippen LogP contribution is -2.16. The number of rotatable bonds is 8. The predicted molar refractivity (Wildman–Crippen MR) is 105 cm³/mol. The van der Waals surface area contributed by atoms with Crippen LogP contribution in [0.5, 0.6) is 5.75 Å². The van der Waals surface area contributed by atoms with Crippen molar-refractivity contribution >= 4 is 35.3 Å². The van der Waals surface area contributed by atoms with E-state index >= 15 is 0 Å². The van der Waals surface area contributed by atoms with Gasteiger partial charge in [0.25, 0.3) is 0 Å². The van der Waals surface area contributed by atoms with Crippen molar-refractivity contribution < 1.29 is 24.5 Å². The molecule has 0 aromatic heterocycles. The maximum absolute atomic E-state index is 9.64. The van der Waals surface area contributed by atoms with Gasteiger partial charge in [-0.1, -0.05) is 17.7 Å². The smallest absolute Gasteiger partial charge is 0.303 e. The van der Waals surface area contributed by atoms with E-state index in [1.54, 1.807) is 0 Å². The van der Waals surface area contributed by atoms with E-state index in [1.807, 2.05) is 17.8 Å². The maximum atomic E-state index is 9.64. The highest BCUT2D eigenvalue weighted by molar-refractivity contribution is 7.98. The number of carbonyl (C=O) groups is 2. The van der Waals surface area contributed by atoms with E-state index in [1.165, 1.54) is 11.1 Å². The van der Waals surface area contributed by atoms with Crippen LogP contribution in [0.2, 0.25) is 5.02 Å². The number of nitrogens with one attached hydrogen (secondary N) is 1. The Hall–Kier alpha value is -1.44. The molecule has 0 aliphatic carbocycles. The van der Waals surface area contributed by atoms with E-state index in [-0.39, 0.29) is 12.8 Å². The average Bonchev–Trinajstić information content (AvgIpc) is 2.84. The molecule has 26 heavy (non-hydrogen) atoms. The Morgan fingerprint density at radius 2 is 1.85 bits per heavy atom. The van der Waals surface area contributed by atoms with Gasteiger partial charge in [-0.05, 0) is 56.0 Å². The van der Waals surface area contributed by atoms with Crippen LogP contribution in [-0.2, 0) is 22.4 Å². The lowest BCUT2D eigenvalue weighted by molar-refractivity contribution is -0.143. The number of carboxylic acids is 2. The standard InChI is InChI=1S/C14H20ClNOS.C4H6O4/c1-18-10-2-9-17-14-12-6-8-16-7-5-11(12)3-4-13(14)15;5-3(6)1-2-4(7)8/h3-4,16H,2,5-10H2,1H3;1-2H2,(H,5,6)(H,7,8). The van der Waals surface area contributed by atoms with Gasteiger partial charge in [0.05, 0.1) is 24.5 Å². The molecule has 1 heterocycles. The summed E-state index contributed by atoms with van der Waals surface area (Å²) in [7, 11) is 0. The second-order valence-electron chi connectivity index (χ2n) is 5.75. The molecule has 8 heteroatoms. The van der Waals surface area contributed by atoms with Gasteiger partial charge < -0.3 is 20.3 Å². The molecule has 0 fully saturated rings. The van der Waals surface area contributed by atoms with Crippen LogP contribution in [0.25, 0.3) is 0 Å². The van der Waals surface area contributed by atoms with E-state index in [0.29, 0.717) is 0 Å². The van der Waals surface area contributed by atoms with Gasteiger partial charge in [-0.25, -0.2) is 0 Å². The number of carboxylic acid groups (broad SMARTS) is 2. The molecule has 2 rings (SSSR count). The van der Waals surface area contributed by atoms with E-state index in [9.17, 15) is 9.59 Å². The number of ether oxygens (including phenoxy) is 1. The average molecular weight is 404 g/mol. The van der Waals surface area contributed by atoms with Crippen LogP contribution >= 0.6 is 23.4 Å². The fourth-order valence-corrected chi connectivity index (χ4v) is 3.10. The zero-order valence-electron chi connectivity index (χ0n) is 14.9. The summed E-state index contributed by atoms with van der Waals surface area (Å²) >= 11 is 8.13. The zero-order chi connectivity index (χ0) is 19.4. The lowest BCUT2D eigenvalue weighted by Gasteiger charge is -2.15. The Morgan fingerprint density at radius 3 is 2.46 bits per heavy atom. The summed E-state index contributed by atoms with van der Waals surface area (Å²) in [6, 6.07) is 4.11. The summed E-state index contributed by atoms with van der Waals surface area (Å²) in [5, 5.41) is 20.0.